The zero-order valence-electron chi connectivity index (χ0n) is 13.6. The van der Waals surface area contributed by atoms with Gasteiger partial charge in [0.25, 0.3) is 5.91 Å². The van der Waals surface area contributed by atoms with Crippen LogP contribution in [0.1, 0.15) is 30.1 Å². The lowest BCUT2D eigenvalue weighted by molar-refractivity contribution is -0.910. The van der Waals surface area contributed by atoms with E-state index in [0.29, 0.717) is 17.6 Å². The molecule has 1 unspecified atom stereocenters. The lowest BCUT2D eigenvalue weighted by atomic mass is 10.1. The molecule has 2 N–H and O–H groups in total. The van der Waals surface area contributed by atoms with Crippen molar-refractivity contribution in [2.45, 2.75) is 25.8 Å². The van der Waals surface area contributed by atoms with Gasteiger partial charge in [0.15, 0.2) is 6.54 Å². The van der Waals surface area contributed by atoms with Gasteiger partial charge in [0.05, 0.1) is 12.2 Å². The minimum atomic E-state index is 0.0477. The Labute approximate surface area is 142 Å². The predicted molar refractivity (Wildman–Crippen MR) is 92.9 cm³/mol. The van der Waals surface area contributed by atoms with Crippen LogP contribution in [0.3, 0.4) is 0 Å². The smallest absolute Gasteiger partial charge is 0.279 e. The van der Waals surface area contributed by atoms with Crippen LogP contribution in [-0.4, -0.2) is 23.6 Å². The second-order valence-corrected chi connectivity index (χ2v) is 6.69. The normalized spacial score (nSPS) is 20.7. The largest absolute Gasteiger partial charge is 0.350 e. The molecule has 1 aromatic heterocycles. The van der Waals surface area contributed by atoms with Crippen LogP contribution in [0, 0.1) is 6.92 Å². The Kier molecular flexibility index (Phi) is 4.74. The average Bonchev–Trinajstić information content (AvgIpc) is 3.12. The van der Waals surface area contributed by atoms with Gasteiger partial charge in [0.2, 0.25) is 0 Å². The number of quaternary nitrogens is 1. The van der Waals surface area contributed by atoms with E-state index in [1.807, 2.05) is 25.1 Å². The van der Waals surface area contributed by atoms with Gasteiger partial charge in [-0.05, 0) is 36.8 Å². The Bertz CT molecular complexity index is 710. The van der Waals surface area contributed by atoms with E-state index in [-0.39, 0.29) is 5.91 Å². The maximum Gasteiger partial charge on any atom is 0.279 e. The summed E-state index contributed by atoms with van der Waals surface area (Å²) in [5.41, 5.74) is 3.03. The number of nitrogens with one attached hydrogen (secondary N) is 2. The van der Waals surface area contributed by atoms with Crippen molar-refractivity contribution in [1.29, 1.82) is 0 Å². The summed E-state index contributed by atoms with van der Waals surface area (Å²) in [6, 6.07) is 10.2. The van der Waals surface area contributed by atoms with Gasteiger partial charge in [-0.2, -0.15) is 0 Å². The fourth-order valence-electron chi connectivity index (χ4n) is 3.46. The zero-order valence-corrected chi connectivity index (χ0v) is 14.4. The molecule has 2 aromatic rings. The number of hydrogen-bond donors (Lipinski definition) is 2. The first-order valence-electron chi connectivity index (χ1n) is 8.07. The number of carbonyl (C=O) groups is 1. The van der Waals surface area contributed by atoms with Gasteiger partial charge in [0.1, 0.15) is 6.04 Å². The van der Waals surface area contributed by atoms with E-state index in [1.165, 1.54) is 10.6 Å². The molecule has 0 radical (unpaired) electrons. The number of halogens is 1. The second kappa shape index (κ2) is 6.77. The molecule has 1 amide bonds. The standard InChI is InChI=1S/C18H22ClN3O/c1-13-14(19)6-3-7-15(13)20-18(23)12-22-11-5-9-17(22)16-8-4-10-21(16)2/h3-4,6-8,10,17H,5,9,11-12H2,1-2H3,(H,20,23)/p+1/t17-/m1/s1. The van der Waals surface area contributed by atoms with E-state index >= 15 is 0 Å². The summed E-state index contributed by atoms with van der Waals surface area (Å²) in [5, 5.41) is 3.69. The molecule has 5 heteroatoms. The van der Waals surface area contributed by atoms with E-state index in [9.17, 15) is 4.79 Å². The third kappa shape index (κ3) is 3.43. The minimum Gasteiger partial charge on any atom is -0.350 e. The van der Waals surface area contributed by atoms with E-state index in [1.54, 1.807) is 0 Å². The van der Waals surface area contributed by atoms with Crippen molar-refractivity contribution in [3.63, 3.8) is 0 Å². The molecule has 1 aromatic carbocycles. The second-order valence-electron chi connectivity index (χ2n) is 6.28. The Morgan fingerprint density at radius 1 is 1.39 bits per heavy atom. The molecule has 0 spiro atoms. The van der Waals surface area contributed by atoms with Gasteiger partial charge in [-0.1, -0.05) is 17.7 Å². The number of benzene rings is 1. The van der Waals surface area contributed by atoms with Crippen LogP contribution in [-0.2, 0) is 11.8 Å². The maximum absolute atomic E-state index is 12.5. The highest BCUT2D eigenvalue weighted by atomic mass is 35.5. The molecule has 1 saturated heterocycles. The molecular weight excluding hydrogens is 310 g/mol. The number of amides is 1. The minimum absolute atomic E-state index is 0.0477. The molecule has 4 nitrogen and oxygen atoms in total. The van der Waals surface area contributed by atoms with Crippen LogP contribution in [0.15, 0.2) is 36.5 Å². The van der Waals surface area contributed by atoms with E-state index in [0.717, 1.165) is 30.6 Å². The van der Waals surface area contributed by atoms with Gasteiger partial charge in [0, 0.05) is 36.8 Å². The summed E-state index contributed by atoms with van der Waals surface area (Å²) in [7, 11) is 2.07. The highest BCUT2D eigenvalue weighted by Crippen LogP contribution is 2.23. The van der Waals surface area contributed by atoms with Crippen molar-refractivity contribution in [2.75, 3.05) is 18.4 Å². The molecule has 1 aliphatic rings. The quantitative estimate of drug-likeness (QED) is 0.886. The van der Waals surface area contributed by atoms with E-state index < -0.39 is 0 Å². The van der Waals surface area contributed by atoms with Crippen molar-refractivity contribution in [3.8, 4) is 0 Å². The van der Waals surface area contributed by atoms with Crippen molar-refractivity contribution < 1.29 is 9.69 Å². The number of anilines is 1. The third-order valence-electron chi connectivity index (χ3n) is 4.75. The van der Waals surface area contributed by atoms with Crippen molar-refractivity contribution >= 4 is 23.2 Å². The topological polar surface area (TPSA) is 38.5 Å². The fourth-order valence-corrected chi connectivity index (χ4v) is 3.63. The van der Waals surface area contributed by atoms with Crippen LogP contribution in [0.2, 0.25) is 5.02 Å². The van der Waals surface area contributed by atoms with Crippen LogP contribution < -0.4 is 10.2 Å². The monoisotopic (exact) mass is 332 g/mol. The van der Waals surface area contributed by atoms with Crippen molar-refractivity contribution in [3.05, 3.63) is 52.8 Å². The Morgan fingerprint density at radius 3 is 2.96 bits per heavy atom. The van der Waals surface area contributed by atoms with Crippen LogP contribution in [0.4, 0.5) is 5.69 Å². The maximum atomic E-state index is 12.5. The van der Waals surface area contributed by atoms with E-state index in [4.69, 9.17) is 11.6 Å². The summed E-state index contributed by atoms with van der Waals surface area (Å²) >= 11 is 6.12. The molecule has 23 heavy (non-hydrogen) atoms. The first-order chi connectivity index (χ1) is 11.1. The lowest BCUT2D eigenvalue weighted by Crippen LogP contribution is -3.11. The molecular formula is C18H23ClN3O+. The van der Waals surface area contributed by atoms with Crippen molar-refractivity contribution in [2.24, 2.45) is 7.05 Å². The van der Waals surface area contributed by atoms with Crippen LogP contribution in [0.25, 0.3) is 0 Å². The molecule has 2 heterocycles. The molecule has 2 atom stereocenters. The zero-order chi connectivity index (χ0) is 16.4. The summed E-state index contributed by atoms with van der Waals surface area (Å²) in [5.74, 6) is 0.0477. The molecule has 3 rings (SSSR count). The third-order valence-corrected chi connectivity index (χ3v) is 5.16. The van der Waals surface area contributed by atoms with Gasteiger partial charge in [-0.3, -0.25) is 4.79 Å². The molecule has 0 aliphatic carbocycles. The Hall–Kier alpha value is -1.78. The van der Waals surface area contributed by atoms with Crippen molar-refractivity contribution in [1.82, 2.24) is 4.57 Å². The molecule has 122 valence electrons. The first kappa shape index (κ1) is 16.1. The number of hydrogen-bond acceptors (Lipinski definition) is 1. The van der Waals surface area contributed by atoms with Crippen LogP contribution in [0.5, 0.6) is 0 Å². The molecule has 0 saturated carbocycles. The average molecular weight is 333 g/mol. The van der Waals surface area contributed by atoms with Gasteiger partial charge in [-0.15, -0.1) is 0 Å². The molecule has 1 aliphatic heterocycles. The SMILES string of the molecule is Cc1c(Cl)cccc1NC(=O)C[NH+]1CCC[C@@H]1c1cccn1C. The first-order valence-corrected chi connectivity index (χ1v) is 8.45. The van der Waals surface area contributed by atoms with Crippen LogP contribution >= 0.6 is 11.6 Å². The highest BCUT2D eigenvalue weighted by Gasteiger charge is 2.33. The summed E-state index contributed by atoms with van der Waals surface area (Å²) in [6.45, 7) is 3.45. The van der Waals surface area contributed by atoms with Gasteiger partial charge in [-0.25, -0.2) is 0 Å². The number of nitrogens with zero attached hydrogens (tertiary/aromatic N) is 1. The highest BCUT2D eigenvalue weighted by molar-refractivity contribution is 6.31. The number of aryl methyl sites for hydroxylation is 1. The van der Waals surface area contributed by atoms with E-state index in [2.05, 4.69) is 35.3 Å². The Morgan fingerprint density at radius 2 is 2.22 bits per heavy atom. The summed E-state index contributed by atoms with van der Waals surface area (Å²) in [6.07, 6.45) is 4.37. The lowest BCUT2D eigenvalue weighted by Gasteiger charge is -2.22. The fraction of sp³-hybridized carbons (Fsp3) is 0.389. The molecule has 1 fully saturated rings. The summed E-state index contributed by atoms with van der Waals surface area (Å²) < 4.78 is 2.16. The summed E-state index contributed by atoms with van der Waals surface area (Å²) in [4.78, 5) is 13.8. The Balaban J connectivity index is 1.67. The predicted octanol–water partition coefficient (Wildman–Crippen LogP) is 2.35. The number of likely N-dealkylation sites (tertiary alicyclic amines) is 1. The number of rotatable bonds is 4. The van der Waals surface area contributed by atoms with Gasteiger partial charge < -0.3 is 14.8 Å². The van der Waals surface area contributed by atoms with Gasteiger partial charge >= 0.3 is 0 Å². The number of carbonyl (C=O) groups excluding carboxylic acids is 1. The molecule has 0 bridgehead atoms. The number of aromatic nitrogens is 1.